The minimum absolute atomic E-state index is 0.0588. The first-order chi connectivity index (χ1) is 12.6. The summed E-state index contributed by atoms with van der Waals surface area (Å²) < 4.78 is 6.54. The second-order valence-electron chi connectivity index (χ2n) is 6.50. The lowest BCUT2D eigenvalue weighted by atomic mass is 10.0. The average molecular weight is 372 g/mol. The number of aromatic amines is 1. The van der Waals surface area contributed by atoms with Crippen LogP contribution < -0.4 is 5.56 Å². The molecule has 26 heavy (non-hydrogen) atoms. The Morgan fingerprint density at radius 2 is 2.27 bits per heavy atom. The van der Waals surface area contributed by atoms with Gasteiger partial charge in [-0.2, -0.15) is 0 Å². The Morgan fingerprint density at radius 1 is 1.42 bits per heavy atom. The summed E-state index contributed by atoms with van der Waals surface area (Å²) in [6.07, 6.45) is 0.383. The number of aryl methyl sites for hydroxylation is 1. The van der Waals surface area contributed by atoms with Crippen molar-refractivity contribution in [1.82, 2.24) is 19.5 Å². The minimum atomic E-state index is -0.154. The molecule has 1 fully saturated rings. The Kier molecular flexibility index (Phi) is 4.37. The number of H-pyrrole nitrogens is 1. The summed E-state index contributed by atoms with van der Waals surface area (Å²) >= 11 is 1.61. The van der Waals surface area contributed by atoms with Crippen molar-refractivity contribution in [2.24, 2.45) is 0 Å². The van der Waals surface area contributed by atoms with E-state index < -0.39 is 0 Å². The van der Waals surface area contributed by atoms with Crippen molar-refractivity contribution in [1.29, 1.82) is 0 Å². The van der Waals surface area contributed by atoms with Crippen LogP contribution in [0.5, 0.6) is 0 Å². The lowest BCUT2D eigenvalue weighted by Gasteiger charge is -2.15. The molecule has 0 aromatic carbocycles. The number of likely N-dealkylation sites (tertiary alicyclic amines) is 1. The van der Waals surface area contributed by atoms with Gasteiger partial charge in [0.2, 0.25) is 5.91 Å². The first-order valence-electron chi connectivity index (χ1n) is 8.51. The predicted octanol–water partition coefficient (Wildman–Crippen LogP) is 2.02. The monoisotopic (exact) mass is 372 g/mol. The highest BCUT2D eigenvalue weighted by Crippen LogP contribution is 2.30. The molecule has 0 spiro atoms. The summed E-state index contributed by atoms with van der Waals surface area (Å²) in [4.78, 5) is 32.4. The summed E-state index contributed by atoms with van der Waals surface area (Å²) in [6, 6.07) is 5.53. The van der Waals surface area contributed by atoms with Crippen LogP contribution in [0.4, 0.5) is 0 Å². The van der Waals surface area contributed by atoms with Crippen LogP contribution in [-0.4, -0.2) is 52.2 Å². The van der Waals surface area contributed by atoms with Crippen LogP contribution in [0.15, 0.2) is 28.4 Å². The molecule has 0 bridgehead atoms. The first kappa shape index (κ1) is 17.0. The second kappa shape index (κ2) is 6.69. The highest BCUT2D eigenvalue weighted by molar-refractivity contribution is 7.13. The lowest BCUT2D eigenvalue weighted by Crippen LogP contribution is -2.28. The fourth-order valence-electron chi connectivity index (χ4n) is 3.42. The number of rotatable bonds is 5. The average Bonchev–Trinajstić information content (AvgIpc) is 3.33. The van der Waals surface area contributed by atoms with Crippen molar-refractivity contribution in [2.75, 3.05) is 26.8 Å². The first-order valence-corrected chi connectivity index (χ1v) is 9.39. The number of thiophene rings is 1. The van der Waals surface area contributed by atoms with E-state index in [1.54, 1.807) is 29.4 Å². The number of methoxy groups -OCH3 is 1. The van der Waals surface area contributed by atoms with Crippen molar-refractivity contribution < 1.29 is 9.53 Å². The van der Waals surface area contributed by atoms with Crippen molar-refractivity contribution in [3.63, 3.8) is 0 Å². The molecule has 4 heterocycles. The van der Waals surface area contributed by atoms with Crippen LogP contribution >= 0.6 is 11.3 Å². The standard InChI is InChI=1S/C18H20N4O3S/c1-11-17(14-4-3-7-26-14)20-22-16(24)9-13(19-18(11)22)12-8-15(23)21(10-12)5-6-25-2/h3-4,7,9,12,20H,5-6,8,10H2,1-2H3/t12-/m1/s1. The van der Waals surface area contributed by atoms with Crippen LogP contribution in [0.2, 0.25) is 0 Å². The molecule has 3 aromatic heterocycles. The zero-order valence-electron chi connectivity index (χ0n) is 14.7. The summed E-state index contributed by atoms with van der Waals surface area (Å²) in [5, 5.41) is 5.16. The molecule has 1 N–H and O–H groups in total. The number of nitrogens with one attached hydrogen (secondary N) is 1. The van der Waals surface area contributed by atoms with Gasteiger partial charge in [0, 0.05) is 44.2 Å². The van der Waals surface area contributed by atoms with E-state index >= 15 is 0 Å². The molecule has 7 nitrogen and oxygen atoms in total. The van der Waals surface area contributed by atoms with E-state index in [2.05, 4.69) is 5.10 Å². The molecule has 1 amide bonds. The van der Waals surface area contributed by atoms with Crippen LogP contribution in [0.3, 0.4) is 0 Å². The van der Waals surface area contributed by atoms with Gasteiger partial charge in [-0.15, -0.1) is 11.3 Å². The number of hydrogen-bond acceptors (Lipinski definition) is 5. The Balaban J connectivity index is 1.71. The third-order valence-electron chi connectivity index (χ3n) is 4.84. The Bertz CT molecular complexity index is 1010. The molecule has 1 aliphatic rings. The lowest BCUT2D eigenvalue weighted by molar-refractivity contribution is -0.128. The minimum Gasteiger partial charge on any atom is -0.383 e. The molecule has 4 rings (SSSR count). The normalized spacial score (nSPS) is 17.5. The van der Waals surface area contributed by atoms with Gasteiger partial charge in [0.15, 0.2) is 5.65 Å². The van der Waals surface area contributed by atoms with Crippen LogP contribution in [0, 0.1) is 6.92 Å². The molecular weight excluding hydrogens is 352 g/mol. The Morgan fingerprint density at radius 3 is 3.00 bits per heavy atom. The molecule has 1 aliphatic heterocycles. The van der Waals surface area contributed by atoms with E-state index in [1.165, 1.54) is 4.52 Å². The summed E-state index contributed by atoms with van der Waals surface area (Å²) in [5.74, 6) is 0.0238. The van der Waals surface area contributed by atoms with Gasteiger partial charge in [0.1, 0.15) is 0 Å². The molecule has 1 atom stereocenters. The highest BCUT2D eigenvalue weighted by Gasteiger charge is 2.32. The van der Waals surface area contributed by atoms with Gasteiger partial charge in [-0.3, -0.25) is 14.7 Å². The van der Waals surface area contributed by atoms with E-state index in [0.29, 0.717) is 37.5 Å². The topological polar surface area (TPSA) is 79.7 Å². The molecule has 0 radical (unpaired) electrons. The van der Waals surface area contributed by atoms with Crippen molar-refractivity contribution in [3.05, 3.63) is 45.2 Å². The van der Waals surface area contributed by atoms with E-state index in [4.69, 9.17) is 9.72 Å². The number of amides is 1. The van der Waals surface area contributed by atoms with Crippen molar-refractivity contribution in [3.8, 4) is 10.6 Å². The van der Waals surface area contributed by atoms with Crippen LogP contribution in [-0.2, 0) is 9.53 Å². The second-order valence-corrected chi connectivity index (χ2v) is 7.45. The highest BCUT2D eigenvalue weighted by atomic mass is 32.1. The van der Waals surface area contributed by atoms with Gasteiger partial charge in [-0.05, 0) is 18.4 Å². The predicted molar refractivity (Wildman–Crippen MR) is 99.7 cm³/mol. The van der Waals surface area contributed by atoms with Gasteiger partial charge < -0.3 is 9.64 Å². The van der Waals surface area contributed by atoms with E-state index in [0.717, 1.165) is 16.1 Å². The van der Waals surface area contributed by atoms with Gasteiger partial charge in [-0.1, -0.05) is 6.07 Å². The molecule has 1 saturated heterocycles. The summed E-state index contributed by atoms with van der Waals surface area (Å²) in [6.45, 7) is 3.61. The van der Waals surface area contributed by atoms with Gasteiger partial charge in [-0.25, -0.2) is 9.50 Å². The molecule has 136 valence electrons. The third-order valence-corrected chi connectivity index (χ3v) is 5.73. The molecule has 0 saturated carbocycles. The van der Waals surface area contributed by atoms with E-state index in [9.17, 15) is 9.59 Å². The number of carbonyl (C=O) groups excluding carboxylic acids is 1. The Hall–Kier alpha value is -2.45. The fourth-order valence-corrected chi connectivity index (χ4v) is 4.20. The maximum absolute atomic E-state index is 12.6. The van der Waals surface area contributed by atoms with Crippen molar-refractivity contribution >= 4 is 22.9 Å². The number of carbonyl (C=O) groups is 1. The number of fused-ring (bicyclic) bond motifs is 1. The van der Waals surface area contributed by atoms with Gasteiger partial charge in [0.25, 0.3) is 5.56 Å². The van der Waals surface area contributed by atoms with E-state index in [-0.39, 0.29) is 17.4 Å². The molecular formula is C18H20N4O3S. The smallest absolute Gasteiger partial charge is 0.272 e. The maximum Gasteiger partial charge on any atom is 0.272 e. The Labute approximate surface area is 154 Å². The number of hydrogen-bond donors (Lipinski definition) is 1. The van der Waals surface area contributed by atoms with Crippen molar-refractivity contribution in [2.45, 2.75) is 19.3 Å². The number of aromatic nitrogens is 3. The third kappa shape index (κ3) is 2.85. The quantitative estimate of drug-likeness (QED) is 0.743. The summed E-state index contributed by atoms with van der Waals surface area (Å²) in [5.41, 5.74) is 3.00. The van der Waals surface area contributed by atoms with Gasteiger partial charge in [0.05, 0.1) is 22.9 Å². The molecule has 0 unspecified atom stereocenters. The zero-order valence-corrected chi connectivity index (χ0v) is 15.5. The summed E-state index contributed by atoms with van der Waals surface area (Å²) in [7, 11) is 1.62. The van der Waals surface area contributed by atoms with Gasteiger partial charge >= 0.3 is 0 Å². The maximum atomic E-state index is 12.6. The molecule has 8 heteroatoms. The zero-order chi connectivity index (χ0) is 18.3. The van der Waals surface area contributed by atoms with Crippen LogP contribution in [0.25, 0.3) is 16.2 Å². The fraction of sp³-hybridized carbons (Fsp3) is 0.389. The number of nitrogens with zero attached hydrogens (tertiary/aromatic N) is 3. The SMILES string of the molecule is COCCN1C[C@H](c2cc(=O)n3[nH]c(-c4cccs4)c(C)c3n2)CC1=O. The molecule has 3 aromatic rings. The largest absolute Gasteiger partial charge is 0.383 e. The van der Waals surface area contributed by atoms with E-state index in [1.807, 2.05) is 24.4 Å². The van der Waals surface area contributed by atoms with Crippen LogP contribution in [0.1, 0.15) is 23.6 Å². The molecule has 0 aliphatic carbocycles. The number of ether oxygens (including phenoxy) is 1.